The lowest BCUT2D eigenvalue weighted by molar-refractivity contribution is -0.206. The maximum absolute atomic E-state index is 13.7. The van der Waals surface area contributed by atoms with Crippen LogP contribution in [-0.2, 0) is 20.7 Å². The molecule has 7 atom stereocenters. The minimum Gasteiger partial charge on any atom is -0.458 e. The summed E-state index contributed by atoms with van der Waals surface area (Å²) in [6.45, 7) is 0. The van der Waals surface area contributed by atoms with Crippen molar-refractivity contribution < 1.29 is 14.3 Å². The maximum atomic E-state index is 13.7. The number of nitrogens with one attached hydrogen (secondary N) is 1. The molecule has 2 heterocycles. The molecule has 1 aromatic carbocycles. The molecule has 0 radical (unpaired) electrons. The largest absolute Gasteiger partial charge is 0.458 e. The molecule has 37 heavy (non-hydrogen) atoms. The van der Waals surface area contributed by atoms with E-state index in [1.807, 2.05) is 30.5 Å². The second-order valence-corrected chi connectivity index (χ2v) is 12.8. The molecule has 8 heteroatoms. The summed E-state index contributed by atoms with van der Waals surface area (Å²) in [5.41, 5.74) is 14.3. The fraction of sp³-hybridized carbons (Fsp3) is 0.621. The number of aromatic amines is 1. The van der Waals surface area contributed by atoms with Gasteiger partial charge in [-0.3, -0.25) is 9.59 Å². The van der Waals surface area contributed by atoms with Crippen molar-refractivity contribution in [3.8, 4) is 6.07 Å². The van der Waals surface area contributed by atoms with E-state index >= 15 is 0 Å². The summed E-state index contributed by atoms with van der Waals surface area (Å²) < 4.78 is 6.32. The van der Waals surface area contributed by atoms with Gasteiger partial charge in [-0.25, -0.2) is 0 Å². The monoisotopic (exact) mass is 501 g/mol. The zero-order valence-electron chi connectivity index (χ0n) is 21.1. The Labute approximate surface area is 216 Å². The van der Waals surface area contributed by atoms with Crippen molar-refractivity contribution in [2.45, 2.75) is 87.6 Å². The highest BCUT2D eigenvalue weighted by Crippen LogP contribution is 2.64. The van der Waals surface area contributed by atoms with E-state index < -0.39 is 17.7 Å². The average Bonchev–Trinajstić information content (AvgIpc) is 3.35. The highest BCUT2D eigenvalue weighted by Gasteiger charge is 2.64. The maximum Gasteiger partial charge on any atom is 0.323 e. The summed E-state index contributed by atoms with van der Waals surface area (Å²) in [5.74, 6) is 0.819. The number of nitrogens with two attached hydrogens (primary N) is 2. The predicted molar refractivity (Wildman–Crippen MR) is 137 cm³/mol. The Kier molecular flexibility index (Phi) is 5.06. The van der Waals surface area contributed by atoms with Gasteiger partial charge in [-0.2, -0.15) is 5.26 Å². The first-order chi connectivity index (χ1) is 17.8. The van der Waals surface area contributed by atoms with Crippen molar-refractivity contribution >= 4 is 22.8 Å². The smallest absolute Gasteiger partial charge is 0.323 e. The number of ether oxygens (including phenoxy) is 1. The Morgan fingerprint density at radius 2 is 1.89 bits per heavy atom. The van der Waals surface area contributed by atoms with E-state index in [0.29, 0.717) is 30.6 Å². The number of fused-ring (bicyclic) bond motifs is 2. The van der Waals surface area contributed by atoms with Gasteiger partial charge in [0, 0.05) is 29.6 Å². The lowest BCUT2D eigenvalue weighted by atomic mass is 9.46. The number of aromatic nitrogens is 1. The number of amides is 1. The van der Waals surface area contributed by atoms with E-state index in [0.717, 1.165) is 61.4 Å². The van der Waals surface area contributed by atoms with Crippen molar-refractivity contribution in [2.75, 3.05) is 0 Å². The van der Waals surface area contributed by atoms with E-state index in [4.69, 9.17) is 16.2 Å². The molecule has 5 saturated carbocycles. The minimum absolute atomic E-state index is 0.0731. The molecule has 2 aromatic rings. The van der Waals surface area contributed by atoms with E-state index in [2.05, 4.69) is 11.1 Å². The number of para-hydroxylation sites is 1. The molecule has 5 N–H and O–H groups in total. The second kappa shape index (κ2) is 8.05. The van der Waals surface area contributed by atoms with Crippen LogP contribution in [0.4, 0.5) is 0 Å². The lowest BCUT2D eigenvalue weighted by Crippen LogP contribution is -2.66. The molecule has 8 nitrogen and oxygen atoms in total. The van der Waals surface area contributed by atoms with Gasteiger partial charge >= 0.3 is 5.97 Å². The molecule has 1 aliphatic heterocycles. The van der Waals surface area contributed by atoms with E-state index in [-0.39, 0.29) is 29.4 Å². The molecule has 1 amide bonds. The van der Waals surface area contributed by atoms with Crippen LogP contribution in [0.15, 0.2) is 30.5 Å². The number of piperidine rings is 1. The molecule has 2 unspecified atom stereocenters. The van der Waals surface area contributed by atoms with Gasteiger partial charge in [-0.15, -0.1) is 0 Å². The lowest BCUT2D eigenvalue weighted by Gasteiger charge is -2.62. The normalized spacial score (nSPS) is 38.7. The summed E-state index contributed by atoms with van der Waals surface area (Å²) in [7, 11) is 0. The van der Waals surface area contributed by atoms with E-state index in [1.54, 1.807) is 4.90 Å². The molecule has 8 rings (SSSR count). The molecule has 6 fully saturated rings. The van der Waals surface area contributed by atoms with E-state index in [1.165, 1.54) is 0 Å². The highest BCUT2D eigenvalue weighted by atomic mass is 16.6. The van der Waals surface area contributed by atoms with Crippen molar-refractivity contribution in [2.24, 2.45) is 34.6 Å². The summed E-state index contributed by atoms with van der Waals surface area (Å²) in [6.07, 6.45) is 9.26. The zero-order chi connectivity index (χ0) is 25.5. The highest BCUT2D eigenvalue weighted by molar-refractivity contribution is 5.85. The number of hydrogen-bond donors (Lipinski definition) is 3. The third-order valence-electron chi connectivity index (χ3n) is 10.2. The average molecular weight is 502 g/mol. The van der Waals surface area contributed by atoms with Crippen LogP contribution < -0.4 is 11.5 Å². The predicted octanol–water partition coefficient (Wildman–Crippen LogP) is 2.76. The molecule has 1 saturated heterocycles. The van der Waals surface area contributed by atoms with Gasteiger partial charge < -0.3 is 26.1 Å². The Morgan fingerprint density at radius 3 is 2.65 bits per heavy atom. The van der Waals surface area contributed by atoms with Gasteiger partial charge in [0.25, 0.3) is 0 Å². The van der Waals surface area contributed by atoms with E-state index in [9.17, 15) is 14.9 Å². The minimum atomic E-state index is -0.758. The molecule has 4 bridgehead atoms. The van der Waals surface area contributed by atoms with Crippen LogP contribution in [0.1, 0.15) is 56.9 Å². The van der Waals surface area contributed by atoms with Crippen LogP contribution in [-0.4, -0.2) is 51.5 Å². The van der Waals surface area contributed by atoms with Gasteiger partial charge in [-0.05, 0) is 86.2 Å². The van der Waals surface area contributed by atoms with Crippen LogP contribution in [0.25, 0.3) is 10.9 Å². The Hall–Kier alpha value is -2.89. The fourth-order valence-corrected chi connectivity index (χ4v) is 8.95. The SMILES string of the molecule is N#C[C@@H]1C[C@@H]2C[C@@H]2N1C(=O)[C@@H](N)C12CC3CC(CC(OC(=O)[C@H](N)Cc4c[nH]c5ccccc45)(C3)C1)C2. The Bertz CT molecular complexity index is 1300. The van der Waals surface area contributed by atoms with Crippen LogP contribution in [0.5, 0.6) is 0 Å². The number of carbonyl (C=O) groups is 2. The third kappa shape index (κ3) is 3.62. The number of nitriles is 1. The molecular formula is C29H35N5O3. The number of rotatable bonds is 6. The topological polar surface area (TPSA) is 138 Å². The summed E-state index contributed by atoms with van der Waals surface area (Å²) in [6, 6.07) is 8.72. The number of esters is 1. The number of carbonyl (C=O) groups excluding carboxylic acids is 2. The van der Waals surface area contributed by atoms with Crippen LogP contribution in [0.3, 0.4) is 0 Å². The van der Waals surface area contributed by atoms with Crippen molar-refractivity contribution in [3.05, 3.63) is 36.0 Å². The quantitative estimate of drug-likeness (QED) is 0.520. The molecule has 6 aliphatic rings. The summed E-state index contributed by atoms with van der Waals surface area (Å²) >= 11 is 0. The number of benzene rings is 1. The number of H-pyrrole nitrogens is 1. The Morgan fingerprint density at radius 1 is 1.14 bits per heavy atom. The van der Waals surface area contributed by atoms with Crippen LogP contribution in [0.2, 0.25) is 0 Å². The first-order valence-corrected chi connectivity index (χ1v) is 13.8. The van der Waals surface area contributed by atoms with Crippen molar-refractivity contribution in [1.82, 2.24) is 9.88 Å². The molecule has 0 spiro atoms. The van der Waals surface area contributed by atoms with Gasteiger partial charge in [0.05, 0.1) is 12.1 Å². The molecule has 1 aromatic heterocycles. The van der Waals surface area contributed by atoms with Crippen LogP contribution in [0, 0.1) is 34.5 Å². The third-order valence-corrected chi connectivity index (χ3v) is 10.2. The first-order valence-electron chi connectivity index (χ1n) is 13.8. The summed E-state index contributed by atoms with van der Waals surface area (Å²) in [5, 5.41) is 10.7. The Balaban J connectivity index is 1.09. The van der Waals surface area contributed by atoms with Gasteiger partial charge in [-0.1, -0.05) is 18.2 Å². The van der Waals surface area contributed by atoms with Crippen molar-refractivity contribution in [3.63, 3.8) is 0 Å². The molecular weight excluding hydrogens is 466 g/mol. The second-order valence-electron chi connectivity index (χ2n) is 12.8. The van der Waals surface area contributed by atoms with Gasteiger partial charge in [0.1, 0.15) is 17.7 Å². The number of hydrogen-bond acceptors (Lipinski definition) is 6. The fourth-order valence-electron chi connectivity index (χ4n) is 8.95. The van der Waals surface area contributed by atoms with Gasteiger partial charge in [0.2, 0.25) is 5.91 Å². The zero-order valence-corrected chi connectivity index (χ0v) is 21.1. The van der Waals surface area contributed by atoms with Gasteiger partial charge in [0.15, 0.2) is 0 Å². The summed E-state index contributed by atoms with van der Waals surface area (Å²) in [4.78, 5) is 32.1. The molecule has 5 aliphatic carbocycles. The number of nitrogens with zero attached hydrogens (tertiary/aromatic N) is 2. The van der Waals surface area contributed by atoms with Crippen molar-refractivity contribution in [1.29, 1.82) is 5.26 Å². The van der Waals surface area contributed by atoms with Crippen LogP contribution >= 0.6 is 0 Å². The standard InChI is InChI=1S/C29H35N5O3/c30-13-20-6-18-8-24(18)34(20)26(35)25(32)28-9-16-5-17(10-28)12-29(11-16,15-28)37-27(36)22(31)7-19-14-33-23-4-2-1-3-21(19)23/h1-4,14,16-18,20,22,24-25,33H,5-12,15,31-32H2/t16?,17?,18-,20+,22-,24+,25-,28?,29?/m1/s1. The molecule has 194 valence electrons. The first kappa shape index (κ1) is 23.2. The number of likely N-dealkylation sites (tertiary alicyclic amines) is 1.